The van der Waals surface area contributed by atoms with Crippen molar-refractivity contribution in [2.24, 2.45) is 4.99 Å². The average molecular weight is 515 g/mol. The lowest BCUT2D eigenvalue weighted by atomic mass is 10.1. The lowest BCUT2D eigenvalue weighted by Gasteiger charge is -2.18. The van der Waals surface area contributed by atoms with Gasteiger partial charge in [0.15, 0.2) is 15.8 Å². The summed E-state index contributed by atoms with van der Waals surface area (Å²) < 4.78 is 22.7. The van der Waals surface area contributed by atoms with Crippen LogP contribution in [0.1, 0.15) is 30.0 Å². The molecule has 0 aromatic heterocycles. The average Bonchev–Trinajstić information content (AvgIpc) is 2.64. The second kappa shape index (κ2) is 12.1. The van der Waals surface area contributed by atoms with Gasteiger partial charge in [-0.1, -0.05) is 54.6 Å². The zero-order chi connectivity index (χ0) is 19.7. The highest BCUT2D eigenvalue weighted by Gasteiger charge is 2.07. The van der Waals surface area contributed by atoms with Crippen molar-refractivity contribution >= 4 is 39.8 Å². The van der Waals surface area contributed by atoms with E-state index in [1.54, 1.807) is 7.05 Å². The van der Waals surface area contributed by atoms with Crippen molar-refractivity contribution in [2.45, 2.75) is 38.1 Å². The maximum atomic E-state index is 11.3. The van der Waals surface area contributed by atoms with Crippen LogP contribution in [0.3, 0.4) is 0 Å². The van der Waals surface area contributed by atoms with E-state index >= 15 is 0 Å². The van der Waals surface area contributed by atoms with Crippen LogP contribution in [0.25, 0.3) is 0 Å². The molecule has 2 N–H and O–H groups in total. The Morgan fingerprint density at radius 3 is 2.18 bits per heavy atom. The largest absolute Gasteiger partial charge is 0.354 e. The molecule has 0 heterocycles. The Hall–Kier alpha value is -1.61. The van der Waals surface area contributed by atoms with Gasteiger partial charge in [-0.05, 0) is 36.5 Å². The van der Waals surface area contributed by atoms with Crippen LogP contribution < -0.4 is 10.6 Å². The number of halogens is 1. The molecule has 0 fully saturated rings. The lowest BCUT2D eigenvalue weighted by Crippen LogP contribution is -2.42. The number of hydrogen-bond donors (Lipinski definition) is 2. The molecule has 5 nitrogen and oxygen atoms in total. The Morgan fingerprint density at radius 2 is 1.61 bits per heavy atom. The number of aryl methyl sites for hydroxylation is 1. The summed E-state index contributed by atoms with van der Waals surface area (Å²) in [7, 11) is -1.25. The van der Waals surface area contributed by atoms with E-state index in [4.69, 9.17) is 0 Å². The quantitative estimate of drug-likeness (QED) is 0.321. The van der Waals surface area contributed by atoms with Crippen molar-refractivity contribution in [3.8, 4) is 0 Å². The standard InChI is InChI=1S/C21H29N3O2S.HI/c1-17(9-10-18-7-5-4-6-8-18)24-21(22-2)23-15-19-11-13-20(14-12-19)16-27(3,25)26;/h4-8,11-14,17H,9-10,15-16H2,1-3H3,(H2,22,23,24);1H. The molecule has 0 aliphatic rings. The molecule has 1 unspecified atom stereocenters. The van der Waals surface area contributed by atoms with Crippen molar-refractivity contribution in [2.75, 3.05) is 13.3 Å². The zero-order valence-electron chi connectivity index (χ0n) is 16.7. The Labute approximate surface area is 186 Å². The summed E-state index contributed by atoms with van der Waals surface area (Å²) in [5, 5.41) is 6.71. The van der Waals surface area contributed by atoms with Crippen molar-refractivity contribution in [3.05, 3.63) is 71.3 Å². The smallest absolute Gasteiger partial charge is 0.191 e. The molecule has 0 saturated carbocycles. The topological polar surface area (TPSA) is 70.6 Å². The molecule has 154 valence electrons. The van der Waals surface area contributed by atoms with Crippen LogP contribution in [0, 0.1) is 0 Å². The Balaban J connectivity index is 0.00000392. The molecule has 0 aliphatic heterocycles. The molecule has 0 saturated heterocycles. The third-order valence-electron chi connectivity index (χ3n) is 4.23. The number of benzene rings is 2. The van der Waals surface area contributed by atoms with Gasteiger partial charge in [-0.25, -0.2) is 8.42 Å². The number of sulfone groups is 1. The minimum Gasteiger partial charge on any atom is -0.354 e. The summed E-state index contributed by atoms with van der Waals surface area (Å²) in [6.07, 6.45) is 3.29. The van der Waals surface area contributed by atoms with Crippen LogP contribution in [0.5, 0.6) is 0 Å². The molecule has 1 atom stereocenters. The minimum absolute atomic E-state index is 0. The van der Waals surface area contributed by atoms with Gasteiger partial charge in [-0.2, -0.15) is 0 Å². The molecule has 2 aromatic carbocycles. The molecule has 2 aromatic rings. The molecule has 2 rings (SSSR count). The van der Waals surface area contributed by atoms with Crippen LogP contribution >= 0.6 is 24.0 Å². The minimum atomic E-state index is -3.00. The zero-order valence-corrected chi connectivity index (χ0v) is 19.8. The Morgan fingerprint density at radius 1 is 1.00 bits per heavy atom. The van der Waals surface area contributed by atoms with E-state index in [0.29, 0.717) is 12.6 Å². The predicted molar refractivity (Wildman–Crippen MR) is 128 cm³/mol. The van der Waals surface area contributed by atoms with E-state index in [2.05, 4.69) is 46.8 Å². The first-order valence-corrected chi connectivity index (χ1v) is 11.2. The molecule has 0 bridgehead atoms. The van der Waals surface area contributed by atoms with Gasteiger partial charge in [0.05, 0.1) is 5.75 Å². The van der Waals surface area contributed by atoms with E-state index in [1.807, 2.05) is 30.3 Å². The van der Waals surface area contributed by atoms with Crippen LogP contribution in [-0.2, 0) is 28.6 Å². The van der Waals surface area contributed by atoms with Gasteiger partial charge in [0.2, 0.25) is 0 Å². The highest BCUT2D eigenvalue weighted by atomic mass is 127. The summed E-state index contributed by atoms with van der Waals surface area (Å²) >= 11 is 0. The van der Waals surface area contributed by atoms with E-state index in [1.165, 1.54) is 11.8 Å². The normalized spacial score (nSPS) is 12.8. The van der Waals surface area contributed by atoms with Gasteiger partial charge in [0, 0.05) is 25.9 Å². The third kappa shape index (κ3) is 9.54. The van der Waals surface area contributed by atoms with Gasteiger partial charge in [-0.3, -0.25) is 4.99 Å². The van der Waals surface area contributed by atoms with Crippen molar-refractivity contribution in [3.63, 3.8) is 0 Å². The third-order valence-corrected chi connectivity index (χ3v) is 5.09. The highest BCUT2D eigenvalue weighted by molar-refractivity contribution is 14.0. The van der Waals surface area contributed by atoms with Gasteiger partial charge in [0.25, 0.3) is 0 Å². The number of nitrogens with one attached hydrogen (secondary N) is 2. The van der Waals surface area contributed by atoms with E-state index in [-0.39, 0.29) is 29.7 Å². The van der Waals surface area contributed by atoms with E-state index in [0.717, 1.165) is 29.9 Å². The van der Waals surface area contributed by atoms with Crippen LogP contribution in [0.15, 0.2) is 59.6 Å². The molecule has 0 aliphatic carbocycles. The molecular formula is C21H30IN3O2S. The van der Waals surface area contributed by atoms with Crippen molar-refractivity contribution in [1.82, 2.24) is 10.6 Å². The van der Waals surface area contributed by atoms with E-state index in [9.17, 15) is 8.42 Å². The first kappa shape index (κ1) is 24.4. The number of hydrogen-bond acceptors (Lipinski definition) is 3. The molecule has 28 heavy (non-hydrogen) atoms. The Kier molecular flexibility index (Phi) is 10.5. The number of guanidine groups is 1. The van der Waals surface area contributed by atoms with Crippen molar-refractivity contribution in [1.29, 1.82) is 0 Å². The van der Waals surface area contributed by atoms with Gasteiger partial charge in [0.1, 0.15) is 0 Å². The SMILES string of the molecule is CN=C(NCc1ccc(CS(C)(=O)=O)cc1)NC(C)CCc1ccccc1.I. The molecule has 0 amide bonds. The summed E-state index contributed by atoms with van der Waals surface area (Å²) in [6.45, 7) is 2.78. The molecule has 7 heteroatoms. The fourth-order valence-electron chi connectivity index (χ4n) is 2.77. The fraction of sp³-hybridized carbons (Fsp3) is 0.381. The summed E-state index contributed by atoms with van der Waals surface area (Å²) in [5.74, 6) is 0.832. The first-order chi connectivity index (χ1) is 12.9. The number of aliphatic imine (C=N–C) groups is 1. The van der Waals surface area contributed by atoms with Gasteiger partial charge >= 0.3 is 0 Å². The summed E-state index contributed by atoms with van der Waals surface area (Å²) in [5.41, 5.74) is 3.22. The van der Waals surface area contributed by atoms with E-state index < -0.39 is 9.84 Å². The Bertz CT molecular complexity index is 838. The predicted octanol–water partition coefficient (Wildman–Crippen LogP) is 3.54. The first-order valence-electron chi connectivity index (χ1n) is 9.12. The fourth-order valence-corrected chi connectivity index (χ4v) is 3.57. The number of rotatable bonds is 8. The second-order valence-corrected chi connectivity index (χ2v) is 9.02. The lowest BCUT2D eigenvalue weighted by molar-refractivity contribution is 0.593. The second-order valence-electron chi connectivity index (χ2n) is 6.88. The molecule has 0 spiro atoms. The molecular weight excluding hydrogens is 485 g/mol. The van der Waals surface area contributed by atoms with Crippen molar-refractivity contribution < 1.29 is 8.42 Å². The van der Waals surface area contributed by atoms with Gasteiger partial charge in [-0.15, -0.1) is 24.0 Å². The summed E-state index contributed by atoms with van der Waals surface area (Å²) in [4.78, 5) is 4.28. The molecule has 0 radical (unpaired) electrons. The number of nitrogens with zero attached hydrogens (tertiary/aromatic N) is 1. The highest BCUT2D eigenvalue weighted by Crippen LogP contribution is 2.08. The summed E-state index contributed by atoms with van der Waals surface area (Å²) in [6, 6.07) is 18.4. The monoisotopic (exact) mass is 515 g/mol. The van der Waals surface area contributed by atoms with Gasteiger partial charge < -0.3 is 10.6 Å². The van der Waals surface area contributed by atoms with Crippen LogP contribution in [-0.4, -0.2) is 33.7 Å². The maximum absolute atomic E-state index is 11.3. The maximum Gasteiger partial charge on any atom is 0.191 e. The van der Waals surface area contributed by atoms with Crippen LogP contribution in [0.2, 0.25) is 0 Å². The van der Waals surface area contributed by atoms with Crippen LogP contribution in [0.4, 0.5) is 0 Å².